The molecule has 0 aliphatic carbocycles. The van der Waals surface area contributed by atoms with Crippen molar-refractivity contribution >= 4 is 11.4 Å². The molecule has 6 heteroatoms. The van der Waals surface area contributed by atoms with Crippen molar-refractivity contribution in [2.24, 2.45) is 0 Å². The number of non-ortho nitro benzene ring substituents is 1. The number of benzene rings is 1. The number of pyridine rings is 1. The number of anilines is 1. The molecule has 0 atom stereocenters. The van der Waals surface area contributed by atoms with Gasteiger partial charge in [-0.25, -0.2) is 4.39 Å². The molecule has 0 amide bonds. The maximum atomic E-state index is 13.6. The first kappa shape index (κ1) is 12.9. The fraction of sp³-hybridized carbons (Fsp3) is 0.154. The van der Waals surface area contributed by atoms with Gasteiger partial charge in [-0.2, -0.15) is 0 Å². The number of hydrogen-bond acceptors (Lipinski definition) is 4. The van der Waals surface area contributed by atoms with Gasteiger partial charge in [-0.15, -0.1) is 0 Å². The van der Waals surface area contributed by atoms with Gasteiger partial charge in [0.05, 0.1) is 16.7 Å². The fourth-order valence-electron chi connectivity index (χ4n) is 1.56. The molecule has 0 aliphatic heterocycles. The Hall–Kier alpha value is -2.50. The van der Waals surface area contributed by atoms with Crippen molar-refractivity contribution in [3.63, 3.8) is 0 Å². The summed E-state index contributed by atoms with van der Waals surface area (Å²) in [5.74, 6) is -0.644. The van der Waals surface area contributed by atoms with E-state index >= 15 is 0 Å². The number of nitro groups is 1. The number of aromatic nitrogens is 1. The number of nitrogens with zero attached hydrogens (tertiary/aromatic N) is 2. The Bertz CT molecular complexity index is 599. The van der Waals surface area contributed by atoms with Gasteiger partial charge in [0.1, 0.15) is 0 Å². The molecule has 98 valence electrons. The fourth-order valence-corrected chi connectivity index (χ4v) is 1.56. The van der Waals surface area contributed by atoms with Crippen LogP contribution in [0.1, 0.15) is 11.3 Å². The smallest absolute Gasteiger partial charge is 0.272 e. The van der Waals surface area contributed by atoms with E-state index in [4.69, 9.17) is 0 Å². The lowest BCUT2D eigenvalue weighted by molar-refractivity contribution is -0.385. The van der Waals surface area contributed by atoms with Gasteiger partial charge in [0.15, 0.2) is 5.82 Å². The van der Waals surface area contributed by atoms with Crippen LogP contribution in [0.5, 0.6) is 0 Å². The molecule has 0 fully saturated rings. The van der Waals surface area contributed by atoms with Crippen LogP contribution in [-0.2, 0) is 6.54 Å². The normalized spacial score (nSPS) is 10.2. The quantitative estimate of drug-likeness (QED) is 0.678. The number of hydrogen-bond donors (Lipinski definition) is 1. The van der Waals surface area contributed by atoms with E-state index in [0.717, 1.165) is 17.3 Å². The van der Waals surface area contributed by atoms with E-state index in [0.29, 0.717) is 6.54 Å². The Morgan fingerprint density at radius 2 is 2.16 bits per heavy atom. The minimum atomic E-state index is -0.644. The maximum absolute atomic E-state index is 13.6. The average Bonchev–Trinajstić information content (AvgIpc) is 2.39. The summed E-state index contributed by atoms with van der Waals surface area (Å²) in [6.07, 6.45) is 1.70. The topological polar surface area (TPSA) is 68.1 Å². The Morgan fingerprint density at radius 1 is 1.37 bits per heavy atom. The van der Waals surface area contributed by atoms with Crippen molar-refractivity contribution in [1.82, 2.24) is 4.98 Å². The van der Waals surface area contributed by atoms with E-state index in [1.165, 1.54) is 12.1 Å². The molecule has 1 aromatic heterocycles. The number of aryl methyl sites for hydroxylation is 1. The van der Waals surface area contributed by atoms with Crippen molar-refractivity contribution in [2.45, 2.75) is 13.5 Å². The average molecular weight is 261 g/mol. The van der Waals surface area contributed by atoms with Gasteiger partial charge in [-0.05, 0) is 24.6 Å². The van der Waals surface area contributed by atoms with Crippen molar-refractivity contribution in [2.75, 3.05) is 5.32 Å². The molecule has 0 bridgehead atoms. The number of nitro benzene ring substituents is 1. The number of halogens is 1. The zero-order valence-corrected chi connectivity index (χ0v) is 10.3. The lowest BCUT2D eigenvalue weighted by atomic mass is 10.2. The molecular formula is C13H12FN3O2. The summed E-state index contributed by atoms with van der Waals surface area (Å²) < 4.78 is 13.6. The van der Waals surface area contributed by atoms with Crippen LogP contribution in [-0.4, -0.2) is 9.91 Å². The van der Waals surface area contributed by atoms with Gasteiger partial charge >= 0.3 is 0 Å². The molecule has 0 saturated heterocycles. The molecule has 1 aromatic carbocycles. The summed E-state index contributed by atoms with van der Waals surface area (Å²) >= 11 is 0. The van der Waals surface area contributed by atoms with Gasteiger partial charge in [-0.3, -0.25) is 15.1 Å². The third kappa shape index (κ3) is 3.25. The third-order valence-electron chi connectivity index (χ3n) is 2.62. The van der Waals surface area contributed by atoms with E-state index in [1.807, 2.05) is 19.1 Å². The van der Waals surface area contributed by atoms with E-state index in [2.05, 4.69) is 10.3 Å². The summed E-state index contributed by atoms with van der Waals surface area (Å²) in [5.41, 5.74) is 1.78. The second-order valence-electron chi connectivity index (χ2n) is 4.08. The van der Waals surface area contributed by atoms with Gasteiger partial charge in [-0.1, -0.05) is 6.07 Å². The molecule has 1 heterocycles. The maximum Gasteiger partial charge on any atom is 0.272 e. The van der Waals surface area contributed by atoms with Crippen LogP contribution in [0, 0.1) is 22.9 Å². The Kier molecular flexibility index (Phi) is 3.70. The molecule has 0 saturated carbocycles. The van der Waals surface area contributed by atoms with Crippen LogP contribution in [0.3, 0.4) is 0 Å². The van der Waals surface area contributed by atoms with Crippen molar-refractivity contribution in [3.8, 4) is 0 Å². The second kappa shape index (κ2) is 5.43. The molecule has 2 rings (SSSR count). The number of rotatable bonds is 4. The van der Waals surface area contributed by atoms with E-state index in [-0.39, 0.29) is 11.4 Å². The molecule has 19 heavy (non-hydrogen) atoms. The van der Waals surface area contributed by atoms with E-state index < -0.39 is 10.7 Å². The molecule has 0 unspecified atom stereocenters. The SMILES string of the molecule is Cc1ccc(CNc2ccc([N+](=O)[O-])cc2F)cn1. The molecule has 1 N–H and O–H groups in total. The van der Waals surface area contributed by atoms with Crippen LogP contribution in [0.2, 0.25) is 0 Å². The highest BCUT2D eigenvalue weighted by Crippen LogP contribution is 2.20. The third-order valence-corrected chi connectivity index (χ3v) is 2.62. The van der Waals surface area contributed by atoms with E-state index in [9.17, 15) is 14.5 Å². The zero-order chi connectivity index (χ0) is 13.8. The lowest BCUT2D eigenvalue weighted by Gasteiger charge is -2.07. The molecule has 2 aromatic rings. The summed E-state index contributed by atoms with van der Waals surface area (Å²) in [6.45, 7) is 2.29. The monoisotopic (exact) mass is 261 g/mol. The number of nitrogens with one attached hydrogen (secondary N) is 1. The largest absolute Gasteiger partial charge is 0.379 e. The predicted octanol–water partition coefficient (Wildman–Crippen LogP) is 3.05. The molecular weight excluding hydrogens is 249 g/mol. The van der Waals surface area contributed by atoms with Crippen molar-refractivity contribution in [3.05, 3.63) is 63.7 Å². The van der Waals surface area contributed by atoms with Crippen LogP contribution < -0.4 is 5.32 Å². The first-order valence-electron chi connectivity index (χ1n) is 5.65. The molecule has 0 aliphatic rings. The minimum absolute atomic E-state index is 0.228. The molecule has 0 radical (unpaired) electrons. The lowest BCUT2D eigenvalue weighted by Crippen LogP contribution is -2.02. The van der Waals surface area contributed by atoms with Gasteiger partial charge in [0.25, 0.3) is 5.69 Å². The van der Waals surface area contributed by atoms with Crippen LogP contribution in [0.4, 0.5) is 15.8 Å². The van der Waals surface area contributed by atoms with E-state index in [1.54, 1.807) is 6.20 Å². The zero-order valence-electron chi connectivity index (χ0n) is 10.3. The minimum Gasteiger partial charge on any atom is -0.379 e. The Labute approximate surface area is 109 Å². The van der Waals surface area contributed by atoms with Gasteiger partial charge < -0.3 is 5.32 Å². The standard InChI is InChI=1S/C13H12FN3O2/c1-9-2-3-10(7-15-9)8-16-13-5-4-11(17(18)19)6-12(13)14/h2-7,16H,8H2,1H3. The highest BCUT2D eigenvalue weighted by atomic mass is 19.1. The highest BCUT2D eigenvalue weighted by Gasteiger charge is 2.10. The first-order chi connectivity index (χ1) is 9.06. The Morgan fingerprint density at radius 3 is 2.74 bits per heavy atom. The molecule has 0 spiro atoms. The van der Waals surface area contributed by atoms with Crippen LogP contribution in [0.15, 0.2) is 36.5 Å². The summed E-state index contributed by atoms with van der Waals surface area (Å²) in [5, 5.41) is 13.4. The summed E-state index contributed by atoms with van der Waals surface area (Å²) in [7, 11) is 0. The predicted molar refractivity (Wildman–Crippen MR) is 69.4 cm³/mol. The van der Waals surface area contributed by atoms with Gasteiger partial charge in [0, 0.05) is 24.5 Å². The van der Waals surface area contributed by atoms with Crippen LogP contribution >= 0.6 is 0 Å². The highest BCUT2D eigenvalue weighted by molar-refractivity contribution is 5.50. The van der Waals surface area contributed by atoms with Crippen molar-refractivity contribution < 1.29 is 9.31 Å². The second-order valence-corrected chi connectivity index (χ2v) is 4.08. The van der Waals surface area contributed by atoms with Gasteiger partial charge in [0.2, 0.25) is 0 Å². The first-order valence-corrected chi connectivity index (χ1v) is 5.65. The van der Waals surface area contributed by atoms with Crippen LogP contribution in [0.25, 0.3) is 0 Å². The summed E-state index contributed by atoms with van der Waals surface area (Å²) in [4.78, 5) is 14.0. The molecule has 5 nitrogen and oxygen atoms in total. The summed E-state index contributed by atoms with van der Waals surface area (Å²) in [6, 6.07) is 7.27. The Balaban J connectivity index is 2.07. The van der Waals surface area contributed by atoms with Crippen molar-refractivity contribution in [1.29, 1.82) is 0 Å².